The fraction of sp³-hybridized carbons (Fsp3) is 0.533. The first-order chi connectivity index (χ1) is 9.03. The van der Waals surface area contributed by atoms with Crippen LogP contribution in [0, 0.1) is 0 Å². The van der Waals surface area contributed by atoms with Gasteiger partial charge in [0, 0.05) is 26.1 Å². The number of carbonyl (C=O) groups excluding carboxylic acids is 1. The van der Waals surface area contributed by atoms with Crippen molar-refractivity contribution >= 4 is 5.91 Å². The van der Waals surface area contributed by atoms with Crippen LogP contribution in [0.15, 0.2) is 37.0 Å². The first-order valence-corrected chi connectivity index (χ1v) is 6.68. The largest absolute Gasteiger partial charge is 0.317 e. The lowest BCUT2D eigenvalue weighted by atomic mass is 10.0. The molecule has 0 aliphatic rings. The Labute approximate surface area is 117 Å². The molecule has 0 radical (unpaired) electrons. The van der Waals surface area contributed by atoms with Crippen LogP contribution in [0.25, 0.3) is 0 Å². The fourth-order valence-corrected chi connectivity index (χ4v) is 1.63. The smallest absolute Gasteiger partial charge is 0.233 e. The molecule has 0 aliphatic heterocycles. The first kappa shape index (κ1) is 17.6. The number of rotatable bonds is 10. The van der Waals surface area contributed by atoms with Crippen molar-refractivity contribution in [3.8, 4) is 0 Å². The standard InChI is InChI=1S/C15H27N3O/c1-6-8-9-13(3)12-14(16-4)10-11-18(5)17-15(19)7-2/h6,8-9,14,16H,1,3,7,10-12H2,2,4-5H3,(H,17,19)/b9-8-/t14-/m1/s1. The average molecular weight is 265 g/mol. The molecule has 4 nitrogen and oxygen atoms in total. The molecule has 0 saturated carbocycles. The van der Waals surface area contributed by atoms with E-state index in [1.807, 2.05) is 38.2 Å². The summed E-state index contributed by atoms with van der Waals surface area (Å²) in [5.74, 6) is 0.0434. The Balaban J connectivity index is 4.05. The molecule has 0 aromatic carbocycles. The van der Waals surface area contributed by atoms with Gasteiger partial charge in [0.25, 0.3) is 0 Å². The number of hydrazine groups is 1. The van der Waals surface area contributed by atoms with Gasteiger partial charge in [-0.15, -0.1) is 0 Å². The number of amides is 1. The summed E-state index contributed by atoms with van der Waals surface area (Å²) in [6.07, 6.45) is 7.94. The molecular weight excluding hydrogens is 238 g/mol. The average Bonchev–Trinajstić information content (AvgIpc) is 2.40. The maximum absolute atomic E-state index is 11.2. The van der Waals surface area contributed by atoms with Crippen molar-refractivity contribution in [2.45, 2.75) is 32.2 Å². The third kappa shape index (κ3) is 9.22. The van der Waals surface area contributed by atoms with E-state index in [2.05, 4.69) is 23.9 Å². The lowest BCUT2D eigenvalue weighted by Gasteiger charge is -2.22. The Morgan fingerprint density at radius 1 is 1.47 bits per heavy atom. The Hall–Kier alpha value is -1.39. The molecule has 0 fully saturated rings. The van der Waals surface area contributed by atoms with Crippen molar-refractivity contribution in [3.05, 3.63) is 37.0 Å². The second-order valence-electron chi connectivity index (χ2n) is 4.54. The third-order valence-corrected chi connectivity index (χ3v) is 2.83. The van der Waals surface area contributed by atoms with Crippen LogP contribution in [0.2, 0.25) is 0 Å². The predicted octanol–water partition coefficient (Wildman–Crippen LogP) is 2.03. The molecular formula is C15H27N3O. The molecule has 19 heavy (non-hydrogen) atoms. The van der Waals surface area contributed by atoms with E-state index >= 15 is 0 Å². The number of nitrogens with one attached hydrogen (secondary N) is 2. The van der Waals surface area contributed by atoms with Crippen molar-refractivity contribution in [2.75, 3.05) is 20.6 Å². The van der Waals surface area contributed by atoms with Crippen molar-refractivity contribution in [2.24, 2.45) is 0 Å². The van der Waals surface area contributed by atoms with Gasteiger partial charge in [0.15, 0.2) is 0 Å². The molecule has 0 rings (SSSR count). The van der Waals surface area contributed by atoms with E-state index in [0.717, 1.165) is 25.0 Å². The Kier molecular flexibility index (Phi) is 9.75. The van der Waals surface area contributed by atoms with Gasteiger partial charge in [0.05, 0.1) is 0 Å². The topological polar surface area (TPSA) is 44.4 Å². The van der Waals surface area contributed by atoms with Crippen LogP contribution in [0.5, 0.6) is 0 Å². The van der Waals surface area contributed by atoms with Crippen LogP contribution in [-0.4, -0.2) is 37.6 Å². The summed E-state index contributed by atoms with van der Waals surface area (Å²) in [6, 6.07) is 0.350. The minimum atomic E-state index is 0.0434. The van der Waals surface area contributed by atoms with Gasteiger partial charge < -0.3 is 5.32 Å². The zero-order valence-corrected chi connectivity index (χ0v) is 12.4. The minimum Gasteiger partial charge on any atom is -0.317 e. The van der Waals surface area contributed by atoms with E-state index in [1.54, 1.807) is 6.08 Å². The molecule has 0 unspecified atom stereocenters. The van der Waals surface area contributed by atoms with Crippen LogP contribution in [0.1, 0.15) is 26.2 Å². The molecule has 2 N–H and O–H groups in total. The number of hydrogen-bond donors (Lipinski definition) is 2. The highest BCUT2D eigenvalue weighted by Crippen LogP contribution is 2.08. The molecule has 4 heteroatoms. The highest BCUT2D eigenvalue weighted by Gasteiger charge is 2.09. The molecule has 0 aliphatic carbocycles. The molecule has 0 spiro atoms. The van der Waals surface area contributed by atoms with Crippen molar-refractivity contribution in [1.29, 1.82) is 0 Å². The summed E-state index contributed by atoms with van der Waals surface area (Å²) >= 11 is 0. The van der Waals surface area contributed by atoms with E-state index in [4.69, 9.17) is 0 Å². The van der Waals surface area contributed by atoms with E-state index in [1.165, 1.54) is 0 Å². The quantitative estimate of drug-likeness (QED) is 0.469. The number of nitrogens with zero attached hydrogens (tertiary/aromatic N) is 1. The second-order valence-corrected chi connectivity index (χ2v) is 4.54. The van der Waals surface area contributed by atoms with Gasteiger partial charge >= 0.3 is 0 Å². The molecule has 108 valence electrons. The number of hydrogen-bond acceptors (Lipinski definition) is 3. The summed E-state index contributed by atoms with van der Waals surface area (Å²) in [7, 11) is 3.83. The molecule has 0 saturated heterocycles. The van der Waals surface area contributed by atoms with Gasteiger partial charge in [-0.1, -0.05) is 43.9 Å². The molecule has 0 aromatic rings. The maximum atomic E-state index is 11.2. The molecule has 0 bridgehead atoms. The van der Waals surface area contributed by atoms with Gasteiger partial charge in [-0.2, -0.15) is 0 Å². The van der Waals surface area contributed by atoms with Crippen LogP contribution < -0.4 is 10.7 Å². The lowest BCUT2D eigenvalue weighted by Crippen LogP contribution is -2.41. The molecule has 1 atom stereocenters. The highest BCUT2D eigenvalue weighted by atomic mass is 16.2. The van der Waals surface area contributed by atoms with Crippen molar-refractivity contribution < 1.29 is 4.79 Å². The SMILES string of the molecule is C=C/C=C\C(=C)C[C@@H](CCN(C)NC(=O)CC)NC. The third-order valence-electron chi connectivity index (χ3n) is 2.83. The zero-order valence-electron chi connectivity index (χ0n) is 12.4. The summed E-state index contributed by atoms with van der Waals surface area (Å²) in [4.78, 5) is 11.2. The van der Waals surface area contributed by atoms with E-state index in [0.29, 0.717) is 12.5 Å². The summed E-state index contributed by atoms with van der Waals surface area (Å²) in [6.45, 7) is 10.3. The first-order valence-electron chi connectivity index (χ1n) is 6.68. The highest BCUT2D eigenvalue weighted by molar-refractivity contribution is 5.74. The van der Waals surface area contributed by atoms with Gasteiger partial charge in [0.1, 0.15) is 0 Å². The van der Waals surface area contributed by atoms with Crippen molar-refractivity contribution in [3.63, 3.8) is 0 Å². The summed E-state index contributed by atoms with van der Waals surface area (Å²) < 4.78 is 0. The number of carbonyl (C=O) groups is 1. The van der Waals surface area contributed by atoms with Gasteiger partial charge in [-0.25, -0.2) is 5.01 Å². The number of allylic oxidation sites excluding steroid dienone is 3. The van der Waals surface area contributed by atoms with E-state index in [-0.39, 0.29) is 5.91 Å². The normalized spacial score (nSPS) is 12.6. The van der Waals surface area contributed by atoms with Crippen LogP contribution >= 0.6 is 0 Å². The van der Waals surface area contributed by atoms with Gasteiger partial charge in [0.2, 0.25) is 5.91 Å². The van der Waals surface area contributed by atoms with Crippen molar-refractivity contribution in [1.82, 2.24) is 15.8 Å². The predicted molar refractivity (Wildman–Crippen MR) is 81.6 cm³/mol. The molecule has 1 amide bonds. The van der Waals surface area contributed by atoms with E-state index < -0.39 is 0 Å². The van der Waals surface area contributed by atoms with E-state index in [9.17, 15) is 4.79 Å². The second kappa shape index (κ2) is 10.5. The Morgan fingerprint density at radius 3 is 2.68 bits per heavy atom. The molecule has 0 aromatic heterocycles. The summed E-state index contributed by atoms with van der Waals surface area (Å²) in [5, 5.41) is 5.10. The maximum Gasteiger partial charge on any atom is 0.233 e. The fourth-order valence-electron chi connectivity index (χ4n) is 1.63. The minimum absolute atomic E-state index is 0.0434. The lowest BCUT2D eigenvalue weighted by molar-refractivity contribution is -0.125. The molecule has 0 heterocycles. The monoisotopic (exact) mass is 265 g/mol. The Morgan fingerprint density at radius 2 is 2.16 bits per heavy atom. The van der Waals surface area contributed by atoms with Gasteiger partial charge in [-0.05, 0) is 19.9 Å². The van der Waals surface area contributed by atoms with Crippen LogP contribution in [0.3, 0.4) is 0 Å². The van der Waals surface area contributed by atoms with Gasteiger partial charge in [-0.3, -0.25) is 10.2 Å². The Bertz CT molecular complexity index is 323. The van der Waals surface area contributed by atoms with Crippen LogP contribution in [-0.2, 0) is 4.79 Å². The van der Waals surface area contributed by atoms with Crippen LogP contribution in [0.4, 0.5) is 0 Å². The zero-order chi connectivity index (χ0) is 14.7. The summed E-state index contributed by atoms with van der Waals surface area (Å²) in [5.41, 5.74) is 3.88.